The molecule has 1 atom stereocenters. The van der Waals surface area contributed by atoms with Crippen molar-refractivity contribution in [3.63, 3.8) is 0 Å². The van der Waals surface area contributed by atoms with Crippen LogP contribution in [0.25, 0.3) is 0 Å². The zero-order chi connectivity index (χ0) is 25.2. The molecule has 0 unspecified atom stereocenters. The van der Waals surface area contributed by atoms with E-state index in [1.165, 1.54) is 6.21 Å². The normalized spacial score (nSPS) is 16.3. The molecule has 0 aromatic heterocycles. The van der Waals surface area contributed by atoms with Crippen molar-refractivity contribution in [1.82, 2.24) is 5.32 Å². The van der Waals surface area contributed by atoms with Gasteiger partial charge in [-0.15, -0.1) is 5.10 Å². The molecule has 1 saturated heterocycles. The van der Waals surface area contributed by atoms with Gasteiger partial charge in [0.2, 0.25) is 11.8 Å². The van der Waals surface area contributed by atoms with E-state index in [4.69, 9.17) is 14.2 Å². The fourth-order valence-electron chi connectivity index (χ4n) is 3.00. The molecule has 1 heterocycles. The number of rotatable bonds is 11. The second-order valence-electron chi connectivity index (χ2n) is 7.09. The molecule has 3 rings (SSSR count). The van der Waals surface area contributed by atoms with Gasteiger partial charge in [-0.05, 0) is 64.8 Å². The summed E-state index contributed by atoms with van der Waals surface area (Å²) >= 11 is 4.64. The van der Waals surface area contributed by atoms with Crippen LogP contribution in [-0.2, 0) is 9.59 Å². The number of amides is 2. The molecule has 1 aliphatic rings. The quantitative estimate of drug-likeness (QED) is 0.240. The predicted molar refractivity (Wildman–Crippen MR) is 142 cm³/mol. The number of methoxy groups -OCH3 is 1. The van der Waals surface area contributed by atoms with Crippen LogP contribution in [-0.4, -0.2) is 48.8 Å². The summed E-state index contributed by atoms with van der Waals surface area (Å²) in [5.74, 6) is 1.25. The van der Waals surface area contributed by atoms with Gasteiger partial charge >= 0.3 is 0 Å². The van der Waals surface area contributed by atoms with Gasteiger partial charge in [0, 0.05) is 12.1 Å². The van der Waals surface area contributed by atoms with Gasteiger partial charge in [-0.25, -0.2) is 0 Å². The van der Waals surface area contributed by atoms with E-state index in [2.05, 4.69) is 43.3 Å². The third kappa shape index (κ3) is 7.59. The van der Waals surface area contributed by atoms with Crippen LogP contribution in [0.15, 0.2) is 63.7 Å². The fourth-order valence-corrected chi connectivity index (χ4v) is 4.50. The van der Waals surface area contributed by atoms with E-state index in [9.17, 15) is 9.59 Å². The Kier molecular flexibility index (Phi) is 9.74. The molecule has 35 heavy (non-hydrogen) atoms. The standard InChI is InChI=1S/C24H25BrN4O5S/c1-4-10-34-22-18(25)11-15(12-19(22)33-5-2)14-26-29-24-28-23(31)20(35-24)13-21(30)27-16-6-8-17(32-3)9-7-16/h4,6-9,11-12,14,20H,1,5,10,13H2,2-3H3,(H,27,30)(H,28,29,31)/b26-14-/t20-/m0/s1. The van der Waals surface area contributed by atoms with E-state index in [1.54, 1.807) is 43.5 Å². The molecule has 0 radical (unpaired) electrons. The highest BCUT2D eigenvalue weighted by atomic mass is 79.9. The second kappa shape index (κ2) is 13.0. The number of hydrogen-bond acceptors (Lipinski definition) is 8. The minimum absolute atomic E-state index is 0.00208. The Bertz CT molecular complexity index is 1140. The van der Waals surface area contributed by atoms with Gasteiger partial charge < -0.3 is 24.8 Å². The molecule has 1 aliphatic heterocycles. The highest BCUT2D eigenvalue weighted by Crippen LogP contribution is 2.36. The van der Waals surface area contributed by atoms with Crippen molar-refractivity contribution in [2.75, 3.05) is 25.6 Å². The number of halogens is 1. The van der Waals surface area contributed by atoms with E-state index >= 15 is 0 Å². The average molecular weight is 561 g/mol. The van der Waals surface area contributed by atoms with Crippen molar-refractivity contribution in [3.8, 4) is 17.2 Å². The third-order valence-electron chi connectivity index (χ3n) is 4.55. The molecule has 0 saturated carbocycles. The summed E-state index contributed by atoms with van der Waals surface area (Å²) in [6.07, 6.45) is 3.19. The summed E-state index contributed by atoms with van der Waals surface area (Å²) in [5.41, 5.74) is 1.34. The van der Waals surface area contributed by atoms with Crippen LogP contribution in [0.5, 0.6) is 17.2 Å². The zero-order valence-corrected chi connectivity index (χ0v) is 21.6. The molecular formula is C24H25BrN4O5S. The largest absolute Gasteiger partial charge is 0.497 e. The van der Waals surface area contributed by atoms with Gasteiger partial charge in [0.05, 0.1) is 24.4 Å². The Morgan fingerprint density at radius 3 is 2.74 bits per heavy atom. The van der Waals surface area contributed by atoms with Crippen LogP contribution in [0, 0.1) is 0 Å². The zero-order valence-electron chi connectivity index (χ0n) is 19.2. The summed E-state index contributed by atoms with van der Waals surface area (Å²) in [6.45, 7) is 6.34. The number of carbonyl (C=O) groups excluding carboxylic acids is 2. The Morgan fingerprint density at radius 1 is 1.29 bits per heavy atom. The van der Waals surface area contributed by atoms with Crippen molar-refractivity contribution >= 4 is 56.6 Å². The molecule has 0 bridgehead atoms. The molecule has 0 spiro atoms. The maximum Gasteiger partial charge on any atom is 0.240 e. The minimum Gasteiger partial charge on any atom is -0.497 e. The maximum atomic E-state index is 12.3. The summed E-state index contributed by atoms with van der Waals surface area (Å²) < 4.78 is 17.1. The lowest BCUT2D eigenvalue weighted by Gasteiger charge is -2.13. The van der Waals surface area contributed by atoms with Crippen LogP contribution in [0.4, 0.5) is 5.69 Å². The maximum absolute atomic E-state index is 12.3. The lowest BCUT2D eigenvalue weighted by atomic mass is 10.2. The first-order valence-corrected chi connectivity index (χ1v) is 12.3. The van der Waals surface area contributed by atoms with Gasteiger partial charge in [0.15, 0.2) is 16.7 Å². The van der Waals surface area contributed by atoms with E-state index < -0.39 is 5.25 Å². The number of thioether (sulfide) groups is 1. The first-order valence-electron chi connectivity index (χ1n) is 10.7. The molecule has 184 valence electrons. The van der Waals surface area contributed by atoms with Gasteiger partial charge in [-0.2, -0.15) is 5.10 Å². The van der Waals surface area contributed by atoms with E-state index in [0.29, 0.717) is 45.8 Å². The predicted octanol–water partition coefficient (Wildman–Crippen LogP) is 4.37. The number of ether oxygens (including phenoxy) is 3. The van der Waals surface area contributed by atoms with Crippen LogP contribution in [0.3, 0.4) is 0 Å². The summed E-state index contributed by atoms with van der Waals surface area (Å²) in [5, 5.41) is 13.3. The summed E-state index contributed by atoms with van der Waals surface area (Å²) in [4.78, 5) is 24.6. The molecule has 2 aromatic carbocycles. The molecule has 2 N–H and O–H groups in total. The van der Waals surface area contributed by atoms with E-state index in [-0.39, 0.29) is 18.2 Å². The van der Waals surface area contributed by atoms with E-state index in [1.807, 2.05) is 13.0 Å². The second-order valence-corrected chi connectivity index (χ2v) is 9.13. The molecule has 2 aromatic rings. The average Bonchev–Trinajstić information content (AvgIpc) is 3.17. The number of anilines is 1. The van der Waals surface area contributed by atoms with Crippen LogP contribution < -0.4 is 24.8 Å². The number of carbonyl (C=O) groups is 2. The van der Waals surface area contributed by atoms with Crippen LogP contribution in [0.1, 0.15) is 18.9 Å². The van der Waals surface area contributed by atoms with Crippen molar-refractivity contribution < 1.29 is 23.8 Å². The number of nitrogens with zero attached hydrogens (tertiary/aromatic N) is 2. The molecular weight excluding hydrogens is 536 g/mol. The third-order valence-corrected chi connectivity index (χ3v) is 6.21. The Labute approximate surface area is 216 Å². The number of hydrogen-bond donors (Lipinski definition) is 2. The Morgan fingerprint density at radius 2 is 2.06 bits per heavy atom. The smallest absolute Gasteiger partial charge is 0.240 e. The molecule has 11 heteroatoms. The molecule has 9 nitrogen and oxygen atoms in total. The summed E-state index contributed by atoms with van der Waals surface area (Å²) in [7, 11) is 1.57. The van der Waals surface area contributed by atoms with Gasteiger partial charge in [-0.3, -0.25) is 9.59 Å². The van der Waals surface area contributed by atoms with Crippen molar-refractivity contribution in [1.29, 1.82) is 0 Å². The lowest BCUT2D eigenvalue weighted by Crippen LogP contribution is -2.28. The van der Waals surface area contributed by atoms with Crippen LogP contribution in [0.2, 0.25) is 0 Å². The molecule has 0 aliphatic carbocycles. The Hall–Kier alpha value is -3.31. The topological polar surface area (TPSA) is 111 Å². The first kappa shape index (κ1) is 26.3. The first-order chi connectivity index (χ1) is 16.9. The minimum atomic E-state index is -0.595. The van der Waals surface area contributed by atoms with Crippen molar-refractivity contribution in [2.24, 2.45) is 10.2 Å². The SMILES string of the molecule is C=CCOc1c(Br)cc(/C=N\N=C2\NC(=O)[C@H](CC(=O)Nc3ccc(OC)cc3)S2)cc1OCC. The van der Waals surface area contributed by atoms with Crippen LogP contribution >= 0.6 is 27.7 Å². The molecule has 1 fully saturated rings. The highest BCUT2D eigenvalue weighted by molar-refractivity contribution is 9.10. The van der Waals surface area contributed by atoms with Crippen molar-refractivity contribution in [3.05, 3.63) is 59.1 Å². The molecule has 2 amide bonds. The Balaban J connectivity index is 1.60. The van der Waals surface area contributed by atoms with E-state index in [0.717, 1.165) is 17.3 Å². The lowest BCUT2D eigenvalue weighted by molar-refractivity contribution is -0.122. The number of nitrogens with one attached hydrogen (secondary N) is 2. The highest BCUT2D eigenvalue weighted by Gasteiger charge is 2.32. The van der Waals surface area contributed by atoms with Crippen molar-refractivity contribution in [2.45, 2.75) is 18.6 Å². The number of amidine groups is 1. The fraction of sp³-hybridized carbons (Fsp3) is 0.250. The van der Waals surface area contributed by atoms with Gasteiger partial charge in [0.25, 0.3) is 0 Å². The number of benzene rings is 2. The van der Waals surface area contributed by atoms with Gasteiger partial charge in [-0.1, -0.05) is 24.4 Å². The monoisotopic (exact) mass is 560 g/mol. The summed E-state index contributed by atoms with van der Waals surface area (Å²) in [6, 6.07) is 10.5. The van der Waals surface area contributed by atoms with Gasteiger partial charge in [0.1, 0.15) is 17.6 Å².